The highest BCUT2D eigenvalue weighted by Crippen LogP contribution is 2.31. The summed E-state index contributed by atoms with van der Waals surface area (Å²) in [6, 6.07) is 12.0. The lowest BCUT2D eigenvalue weighted by Gasteiger charge is -2.38. The van der Waals surface area contributed by atoms with E-state index in [-0.39, 0.29) is 53.8 Å². The third-order valence-electron chi connectivity index (χ3n) is 6.23. The van der Waals surface area contributed by atoms with Crippen LogP contribution in [0.25, 0.3) is 0 Å². The molecule has 0 bridgehead atoms. The van der Waals surface area contributed by atoms with Crippen molar-refractivity contribution in [3.05, 3.63) is 54.1 Å². The second-order valence-electron chi connectivity index (χ2n) is 9.69. The number of nitrogens with one attached hydrogen (secondary N) is 2. The number of anilines is 1. The van der Waals surface area contributed by atoms with Crippen molar-refractivity contribution < 1.29 is 27.9 Å². The number of hydrogen-bond donors (Lipinski definition) is 3. The Labute approximate surface area is 218 Å². The van der Waals surface area contributed by atoms with Crippen LogP contribution in [0.3, 0.4) is 0 Å². The Morgan fingerprint density at radius 2 is 1.86 bits per heavy atom. The molecule has 3 N–H and O–H groups in total. The lowest BCUT2D eigenvalue weighted by Crippen LogP contribution is -2.50. The number of rotatable bonds is 8. The molecule has 202 valence electrons. The highest BCUT2D eigenvalue weighted by molar-refractivity contribution is 7.89. The average molecular weight is 533 g/mol. The van der Waals surface area contributed by atoms with Gasteiger partial charge in [0.1, 0.15) is 11.9 Å². The van der Waals surface area contributed by atoms with Crippen LogP contribution in [0.4, 0.5) is 10.5 Å². The van der Waals surface area contributed by atoms with Gasteiger partial charge in [0.25, 0.3) is 5.91 Å². The van der Waals surface area contributed by atoms with E-state index in [0.717, 1.165) is 0 Å². The molecule has 2 aromatic rings. The third-order valence-corrected chi connectivity index (χ3v) is 8.07. The van der Waals surface area contributed by atoms with E-state index in [9.17, 15) is 23.1 Å². The van der Waals surface area contributed by atoms with Crippen molar-refractivity contribution in [3.63, 3.8) is 0 Å². The van der Waals surface area contributed by atoms with Gasteiger partial charge in [0, 0.05) is 31.2 Å². The summed E-state index contributed by atoms with van der Waals surface area (Å²) in [4.78, 5) is 27.5. The van der Waals surface area contributed by atoms with E-state index < -0.39 is 28.2 Å². The third kappa shape index (κ3) is 6.79. The number of nitrogens with zero attached hydrogens (tertiary/aromatic N) is 2. The minimum absolute atomic E-state index is 0.0458. The summed E-state index contributed by atoms with van der Waals surface area (Å²) in [6.07, 6.45) is -0.591. The van der Waals surface area contributed by atoms with Crippen molar-refractivity contribution in [2.45, 2.75) is 50.8 Å². The first-order chi connectivity index (χ1) is 17.4. The number of urea groups is 1. The molecular formula is C26H36N4O6S. The summed E-state index contributed by atoms with van der Waals surface area (Å²) in [5.74, 6) is -0.328. The molecule has 0 saturated heterocycles. The van der Waals surface area contributed by atoms with Gasteiger partial charge in [-0.15, -0.1) is 0 Å². The van der Waals surface area contributed by atoms with Crippen molar-refractivity contribution in [1.82, 2.24) is 14.5 Å². The van der Waals surface area contributed by atoms with Crippen molar-refractivity contribution in [1.29, 1.82) is 0 Å². The van der Waals surface area contributed by atoms with E-state index >= 15 is 0 Å². The maximum Gasteiger partial charge on any atom is 0.319 e. The number of sulfonamides is 1. The summed E-state index contributed by atoms with van der Waals surface area (Å²) in [6.45, 7) is 7.35. The van der Waals surface area contributed by atoms with Gasteiger partial charge in [-0.2, -0.15) is 4.31 Å². The van der Waals surface area contributed by atoms with Crippen LogP contribution in [0.1, 0.15) is 38.1 Å². The Hall–Kier alpha value is -3.15. The normalized spacial score (nSPS) is 19.0. The van der Waals surface area contributed by atoms with Gasteiger partial charge in [-0.05, 0) is 51.1 Å². The first-order valence-corrected chi connectivity index (χ1v) is 13.7. The number of likely N-dealkylation sites (N-methyl/N-ethyl adjacent to an activating group) is 1. The Kier molecular flexibility index (Phi) is 9.16. The minimum Gasteiger partial charge on any atom is -0.488 e. The number of amides is 3. The topological polar surface area (TPSA) is 128 Å². The number of hydrogen-bond acceptors (Lipinski definition) is 6. The quantitative estimate of drug-likeness (QED) is 0.480. The number of fused-ring (bicyclic) bond motifs is 1. The predicted molar refractivity (Wildman–Crippen MR) is 141 cm³/mol. The van der Waals surface area contributed by atoms with Gasteiger partial charge in [-0.3, -0.25) is 4.79 Å². The van der Waals surface area contributed by atoms with Crippen LogP contribution in [-0.4, -0.2) is 79.6 Å². The summed E-state index contributed by atoms with van der Waals surface area (Å²) in [7, 11) is -2.26. The lowest BCUT2D eigenvalue weighted by molar-refractivity contribution is 0.0387. The van der Waals surface area contributed by atoms with Crippen LogP contribution < -0.4 is 15.4 Å². The summed E-state index contributed by atoms with van der Waals surface area (Å²) < 4.78 is 33.8. The Balaban J connectivity index is 1.95. The lowest BCUT2D eigenvalue weighted by atomic mass is 9.99. The van der Waals surface area contributed by atoms with E-state index in [4.69, 9.17) is 4.74 Å². The molecule has 37 heavy (non-hydrogen) atoms. The number of benzene rings is 2. The predicted octanol–water partition coefficient (Wildman–Crippen LogP) is 2.76. The van der Waals surface area contributed by atoms with E-state index in [0.29, 0.717) is 5.69 Å². The van der Waals surface area contributed by atoms with Gasteiger partial charge in [0.05, 0.1) is 29.7 Å². The van der Waals surface area contributed by atoms with Crippen molar-refractivity contribution >= 4 is 27.6 Å². The monoisotopic (exact) mass is 532 g/mol. The molecule has 1 aliphatic heterocycles. The fourth-order valence-corrected chi connectivity index (χ4v) is 5.28. The van der Waals surface area contributed by atoms with E-state index in [1.807, 2.05) is 20.8 Å². The number of carbonyl (C=O) groups excluding carboxylic acids is 2. The Morgan fingerprint density at radius 3 is 2.49 bits per heavy atom. The molecule has 0 saturated carbocycles. The highest BCUT2D eigenvalue weighted by atomic mass is 32.2. The van der Waals surface area contributed by atoms with Crippen LogP contribution in [0.2, 0.25) is 0 Å². The highest BCUT2D eigenvalue weighted by Gasteiger charge is 2.35. The number of ether oxygens (including phenoxy) is 1. The molecule has 3 amide bonds. The second-order valence-corrected chi connectivity index (χ2v) is 11.7. The van der Waals surface area contributed by atoms with Crippen LogP contribution in [0.5, 0.6) is 5.75 Å². The van der Waals surface area contributed by atoms with Crippen LogP contribution in [0, 0.1) is 5.92 Å². The van der Waals surface area contributed by atoms with Gasteiger partial charge in [0.15, 0.2) is 0 Å². The molecule has 2 aromatic carbocycles. The number of aliphatic hydroxyl groups excluding tert-OH is 1. The van der Waals surface area contributed by atoms with Crippen molar-refractivity contribution in [2.24, 2.45) is 5.92 Å². The van der Waals surface area contributed by atoms with Crippen molar-refractivity contribution in [2.75, 3.05) is 32.1 Å². The van der Waals surface area contributed by atoms with E-state index in [1.54, 1.807) is 42.2 Å². The maximum absolute atomic E-state index is 13.5. The van der Waals surface area contributed by atoms with Gasteiger partial charge >= 0.3 is 6.03 Å². The van der Waals surface area contributed by atoms with Gasteiger partial charge < -0.3 is 25.4 Å². The molecule has 1 heterocycles. The summed E-state index contributed by atoms with van der Waals surface area (Å²) in [5, 5.41) is 15.3. The van der Waals surface area contributed by atoms with Gasteiger partial charge in [-0.1, -0.05) is 25.1 Å². The molecule has 1 aliphatic rings. The SMILES string of the molecule is CC(C)NC(=O)Nc1ccc2c(c1)C(=O)N([C@H](C)CO)C[C@H](C)[C@H](CN(C)S(=O)(=O)c1ccccc1)O2. The minimum atomic E-state index is -3.76. The standard InChI is InChI=1S/C26H36N4O6S/c1-17(2)27-26(33)28-20-11-12-23-22(13-20)25(32)30(19(4)16-31)14-18(3)24(36-23)15-29(5)37(34,35)21-9-7-6-8-10-21/h6-13,17-19,24,31H,14-16H2,1-5H3,(H2,27,28,33)/t18-,19+,24-/m0/s1. The zero-order chi connectivity index (χ0) is 27.3. The molecule has 0 spiro atoms. The molecule has 0 unspecified atom stereocenters. The molecule has 0 radical (unpaired) electrons. The molecule has 3 rings (SSSR count). The first-order valence-electron chi connectivity index (χ1n) is 12.3. The van der Waals surface area contributed by atoms with E-state index in [1.165, 1.54) is 29.6 Å². The molecule has 10 nitrogen and oxygen atoms in total. The number of aliphatic hydroxyl groups is 1. The van der Waals surface area contributed by atoms with Gasteiger partial charge in [-0.25, -0.2) is 13.2 Å². The molecule has 11 heteroatoms. The Morgan fingerprint density at radius 1 is 1.19 bits per heavy atom. The largest absolute Gasteiger partial charge is 0.488 e. The summed E-state index contributed by atoms with van der Waals surface area (Å²) in [5.41, 5.74) is 0.618. The first kappa shape index (κ1) is 28.4. The summed E-state index contributed by atoms with van der Waals surface area (Å²) >= 11 is 0. The zero-order valence-corrected chi connectivity index (χ0v) is 22.7. The van der Waals surface area contributed by atoms with Crippen LogP contribution in [0.15, 0.2) is 53.4 Å². The fraction of sp³-hybridized carbons (Fsp3) is 0.462. The average Bonchev–Trinajstić information content (AvgIpc) is 2.85. The molecule has 0 aliphatic carbocycles. The fourth-order valence-electron chi connectivity index (χ4n) is 4.07. The number of carbonyl (C=O) groups is 2. The van der Waals surface area contributed by atoms with Crippen molar-refractivity contribution in [3.8, 4) is 5.75 Å². The smallest absolute Gasteiger partial charge is 0.319 e. The molecular weight excluding hydrogens is 496 g/mol. The zero-order valence-electron chi connectivity index (χ0n) is 21.8. The maximum atomic E-state index is 13.5. The molecule has 0 fully saturated rings. The van der Waals surface area contributed by atoms with E-state index in [2.05, 4.69) is 10.6 Å². The molecule has 3 atom stereocenters. The second kappa shape index (κ2) is 11.9. The molecule has 0 aromatic heterocycles. The van der Waals surface area contributed by atoms with Crippen LogP contribution in [-0.2, 0) is 10.0 Å². The Bertz CT molecular complexity index is 1200. The van der Waals surface area contributed by atoms with Gasteiger partial charge in [0.2, 0.25) is 10.0 Å². The van der Waals surface area contributed by atoms with Crippen LogP contribution >= 0.6 is 0 Å².